The number of allylic oxidation sites excluding steroid dienone is 6. The summed E-state index contributed by atoms with van der Waals surface area (Å²) in [5.74, 6) is 0. The number of unbranched alkanes of at least 4 members (excludes halogenated alkanes) is 21. The molecule has 1 rings (SSSR count). The molecule has 0 spiro atoms. The Hall–Kier alpha value is -1.60. The zero-order chi connectivity index (χ0) is 31.7. The SMILES string of the molecule is C/C=C/CCCCCCCCC[N+](CCCCCCCCC/C=C/C)(CCCCCCCCC/C=C/C)Cc1ccccc1. The van der Waals surface area contributed by atoms with Crippen LogP contribution in [0, 0.1) is 0 Å². The lowest BCUT2D eigenvalue weighted by molar-refractivity contribution is -0.941. The maximum absolute atomic E-state index is 2.39. The largest absolute Gasteiger partial charge is 0.320 e. The number of rotatable bonds is 32. The van der Waals surface area contributed by atoms with Crippen LogP contribution in [0.3, 0.4) is 0 Å². The molecule has 0 heterocycles. The van der Waals surface area contributed by atoms with Gasteiger partial charge in [0.05, 0.1) is 19.6 Å². The van der Waals surface area contributed by atoms with Gasteiger partial charge in [0.1, 0.15) is 6.54 Å². The van der Waals surface area contributed by atoms with Gasteiger partial charge in [-0.3, -0.25) is 0 Å². The first-order chi connectivity index (χ1) is 21.8. The summed E-state index contributed by atoms with van der Waals surface area (Å²) in [6.07, 6.45) is 47.0. The van der Waals surface area contributed by atoms with Crippen molar-refractivity contribution in [1.29, 1.82) is 0 Å². The molecule has 0 unspecified atom stereocenters. The molecule has 1 heteroatoms. The van der Waals surface area contributed by atoms with Crippen molar-refractivity contribution < 1.29 is 4.48 Å². The van der Waals surface area contributed by atoms with Crippen molar-refractivity contribution in [2.45, 2.75) is 181 Å². The minimum absolute atomic E-state index is 1.24. The molecule has 0 aliphatic rings. The van der Waals surface area contributed by atoms with Gasteiger partial charge in [0.15, 0.2) is 0 Å². The highest BCUT2D eigenvalue weighted by Crippen LogP contribution is 2.23. The van der Waals surface area contributed by atoms with Crippen LogP contribution in [-0.2, 0) is 6.54 Å². The maximum atomic E-state index is 2.39. The topological polar surface area (TPSA) is 0 Å². The lowest BCUT2D eigenvalue weighted by atomic mass is 10.0. The van der Waals surface area contributed by atoms with Crippen molar-refractivity contribution in [3.63, 3.8) is 0 Å². The Morgan fingerprint density at radius 3 is 1.00 bits per heavy atom. The van der Waals surface area contributed by atoms with E-state index in [0.29, 0.717) is 0 Å². The van der Waals surface area contributed by atoms with E-state index < -0.39 is 0 Å². The summed E-state index contributed by atoms with van der Waals surface area (Å²) in [5.41, 5.74) is 1.55. The fourth-order valence-corrected chi connectivity index (χ4v) is 6.82. The predicted octanol–water partition coefficient (Wildman–Crippen LogP) is 14.1. The van der Waals surface area contributed by atoms with E-state index in [1.165, 1.54) is 185 Å². The third-order valence-corrected chi connectivity index (χ3v) is 9.58. The summed E-state index contributed by atoms with van der Waals surface area (Å²) < 4.78 is 1.33. The van der Waals surface area contributed by atoms with Crippen LogP contribution in [0.4, 0.5) is 0 Å². The van der Waals surface area contributed by atoms with Gasteiger partial charge < -0.3 is 4.48 Å². The Labute approximate surface area is 277 Å². The van der Waals surface area contributed by atoms with Crippen molar-refractivity contribution in [2.24, 2.45) is 0 Å². The highest BCUT2D eigenvalue weighted by atomic mass is 15.3. The van der Waals surface area contributed by atoms with E-state index in [2.05, 4.69) is 87.6 Å². The van der Waals surface area contributed by atoms with Crippen molar-refractivity contribution in [3.05, 3.63) is 72.4 Å². The second kappa shape index (κ2) is 31.4. The van der Waals surface area contributed by atoms with Crippen LogP contribution in [0.15, 0.2) is 66.8 Å². The number of quaternary nitrogens is 1. The average molecular weight is 607 g/mol. The first-order valence-electron chi connectivity index (χ1n) is 19.5. The molecule has 0 aromatic heterocycles. The molecule has 0 radical (unpaired) electrons. The summed E-state index contributed by atoms with van der Waals surface area (Å²) in [6, 6.07) is 11.5. The van der Waals surface area contributed by atoms with E-state index in [1.54, 1.807) is 5.56 Å². The molecule has 1 aromatic rings. The Kier molecular flexibility index (Phi) is 28.8. The van der Waals surface area contributed by atoms with Gasteiger partial charge in [0, 0.05) is 5.56 Å². The molecule has 1 aromatic carbocycles. The number of nitrogens with zero attached hydrogens (tertiary/aromatic N) is 1. The Morgan fingerprint density at radius 2 is 0.682 bits per heavy atom. The molecule has 0 saturated carbocycles. The number of hydrogen-bond acceptors (Lipinski definition) is 0. The van der Waals surface area contributed by atoms with Crippen LogP contribution in [0.5, 0.6) is 0 Å². The zero-order valence-electron chi connectivity index (χ0n) is 30.1. The van der Waals surface area contributed by atoms with Gasteiger partial charge in [-0.1, -0.05) is 144 Å². The van der Waals surface area contributed by atoms with E-state index in [1.807, 2.05) is 0 Å². The van der Waals surface area contributed by atoms with Crippen molar-refractivity contribution in [2.75, 3.05) is 19.6 Å². The summed E-state index contributed by atoms with van der Waals surface area (Å²) in [5, 5.41) is 0. The molecule has 0 saturated heterocycles. The molecule has 44 heavy (non-hydrogen) atoms. The van der Waals surface area contributed by atoms with Gasteiger partial charge in [0.2, 0.25) is 0 Å². The normalized spacial score (nSPS) is 12.4. The number of hydrogen-bond donors (Lipinski definition) is 0. The van der Waals surface area contributed by atoms with Gasteiger partial charge in [-0.2, -0.15) is 0 Å². The van der Waals surface area contributed by atoms with E-state index in [-0.39, 0.29) is 0 Å². The highest BCUT2D eigenvalue weighted by Gasteiger charge is 2.26. The lowest BCUT2D eigenvalue weighted by Gasteiger charge is -2.39. The summed E-state index contributed by atoms with van der Waals surface area (Å²) in [4.78, 5) is 0. The van der Waals surface area contributed by atoms with Crippen LogP contribution in [0.25, 0.3) is 0 Å². The van der Waals surface area contributed by atoms with Crippen LogP contribution in [0.1, 0.15) is 180 Å². The fraction of sp³-hybridized carbons (Fsp3) is 0.721. The van der Waals surface area contributed by atoms with E-state index >= 15 is 0 Å². The molecule has 0 aliphatic carbocycles. The minimum atomic E-state index is 1.24. The van der Waals surface area contributed by atoms with Crippen LogP contribution >= 0.6 is 0 Å². The van der Waals surface area contributed by atoms with Crippen LogP contribution in [-0.4, -0.2) is 24.1 Å². The third kappa shape index (κ3) is 24.7. The summed E-state index contributed by atoms with van der Waals surface area (Å²) in [6.45, 7) is 11.8. The highest BCUT2D eigenvalue weighted by molar-refractivity contribution is 5.13. The second-order valence-corrected chi connectivity index (χ2v) is 13.7. The Morgan fingerprint density at radius 1 is 0.386 bits per heavy atom. The average Bonchev–Trinajstić information content (AvgIpc) is 3.04. The molecule has 0 amide bonds. The minimum Gasteiger partial charge on any atom is -0.320 e. The first-order valence-corrected chi connectivity index (χ1v) is 19.5. The molecule has 0 N–H and O–H groups in total. The molecular weight excluding hydrogens is 530 g/mol. The van der Waals surface area contributed by atoms with Crippen molar-refractivity contribution in [3.8, 4) is 0 Å². The summed E-state index contributed by atoms with van der Waals surface area (Å²) >= 11 is 0. The quantitative estimate of drug-likeness (QED) is 0.0435. The molecule has 0 fully saturated rings. The zero-order valence-corrected chi connectivity index (χ0v) is 30.1. The van der Waals surface area contributed by atoms with Gasteiger partial charge in [-0.05, 0) is 97.8 Å². The smallest absolute Gasteiger partial charge is 0.104 e. The first kappa shape index (κ1) is 40.4. The molecule has 0 aliphatic heterocycles. The summed E-state index contributed by atoms with van der Waals surface area (Å²) in [7, 11) is 0. The predicted molar refractivity (Wildman–Crippen MR) is 200 cm³/mol. The standard InChI is InChI=1S/C43H76N/c1-4-7-10-13-16-19-22-25-28-34-39-44(42-43-37-32-31-33-38-43,40-35-29-26-23-20-17-14-11-8-5-2)41-36-30-27-24-21-18-15-12-9-6-3/h4-9,31-33,37-38H,10-30,34-36,39-42H2,1-3H3/q+1/b7-4+,8-5+,9-6+. The third-order valence-electron chi connectivity index (χ3n) is 9.58. The molecule has 0 atom stereocenters. The van der Waals surface area contributed by atoms with Crippen molar-refractivity contribution >= 4 is 0 Å². The number of benzene rings is 1. The van der Waals surface area contributed by atoms with E-state index in [0.717, 1.165) is 0 Å². The van der Waals surface area contributed by atoms with Gasteiger partial charge in [-0.15, -0.1) is 0 Å². The van der Waals surface area contributed by atoms with Gasteiger partial charge >= 0.3 is 0 Å². The van der Waals surface area contributed by atoms with Gasteiger partial charge in [0.25, 0.3) is 0 Å². The van der Waals surface area contributed by atoms with E-state index in [4.69, 9.17) is 0 Å². The molecule has 0 bridgehead atoms. The molecular formula is C43H76N+. The van der Waals surface area contributed by atoms with Crippen molar-refractivity contribution in [1.82, 2.24) is 0 Å². The fourth-order valence-electron chi connectivity index (χ4n) is 6.82. The van der Waals surface area contributed by atoms with Crippen LogP contribution < -0.4 is 0 Å². The second-order valence-electron chi connectivity index (χ2n) is 13.7. The maximum Gasteiger partial charge on any atom is 0.104 e. The van der Waals surface area contributed by atoms with Crippen LogP contribution in [0.2, 0.25) is 0 Å². The molecule has 1 nitrogen and oxygen atoms in total. The Bertz CT molecular complexity index is 714. The lowest BCUT2D eigenvalue weighted by Crippen LogP contribution is -2.49. The monoisotopic (exact) mass is 607 g/mol. The molecule has 252 valence electrons. The van der Waals surface area contributed by atoms with Gasteiger partial charge in [-0.25, -0.2) is 0 Å². The van der Waals surface area contributed by atoms with E-state index in [9.17, 15) is 0 Å². The Balaban J connectivity index is 2.60.